The van der Waals surface area contributed by atoms with Crippen LogP contribution in [0.4, 0.5) is 0 Å². The molecule has 3 aromatic rings. The number of hydrogen-bond acceptors (Lipinski definition) is 7. The van der Waals surface area contributed by atoms with Gasteiger partial charge in [-0.15, -0.1) is 0 Å². The highest BCUT2D eigenvalue weighted by molar-refractivity contribution is 6.33. The summed E-state index contributed by atoms with van der Waals surface area (Å²) in [7, 11) is 0. The summed E-state index contributed by atoms with van der Waals surface area (Å²) in [6.07, 6.45) is 1.52. The van der Waals surface area contributed by atoms with Crippen LogP contribution in [0, 0.1) is 13.8 Å². The Labute approximate surface area is 192 Å². The maximum absolute atomic E-state index is 12.4. The van der Waals surface area contributed by atoms with Crippen LogP contribution in [0.15, 0.2) is 47.1 Å². The summed E-state index contributed by atoms with van der Waals surface area (Å²) in [4.78, 5) is 27.9. The lowest BCUT2D eigenvalue weighted by molar-refractivity contribution is -0.129. The lowest BCUT2D eigenvalue weighted by Crippen LogP contribution is -2.05. The van der Waals surface area contributed by atoms with E-state index >= 15 is 0 Å². The van der Waals surface area contributed by atoms with Crippen molar-refractivity contribution >= 4 is 35.5 Å². The minimum atomic E-state index is -1.14. The summed E-state index contributed by atoms with van der Waals surface area (Å²) in [5.74, 6) is -3.90. The average Bonchev–Trinajstić information content (AvgIpc) is 3.25. The summed E-state index contributed by atoms with van der Waals surface area (Å²) >= 11 is 5.97. The van der Waals surface area contributed by atoms with Crippen LogP contribution in [0.2, 0.25) is 5.02 Å². The van der Waals surface area contributed by atoms with Crippen LogP contribution >= 0.6 is 11.6 Å². The first kappa shape index (κ1) is 22.0. The summed E-state index contributed by atoms with van der Waals surface area (Å²) in [6.45, 7) is 3.63. The van der Waals surface area contributed by atoms with Crippen molar-refractivity contribution in [2.75, 3.05) is 0 Å². The third kappa shape index (κ3) is 3.90. The maximum Gasteiger partial charge on any atom is 0.363 e. The molecular formula is C23H17ClN2O7. The number of phenolic OH excluding ortho intramolecular Hbond substituents is 3. The number of carbonyl (C=O) groups is 2. The number of aromatic carboxylic acids is 1. The Morgan fingerprint density at radius 2 is 1.76 bits per heavy atom. The molecule has 1 aliphatic heterocycles. The molecule has 10 heteroatoms. The van der Waals surface area contributed by atoms with Crippen LogP contribution in [0.25, 0.3) is 11.8 Å². The van der Waals surface area contributed by atoms with Crippen molar-refractivity contribution < 1.29 is 34.8 Å². The first-order valence-corrected chi connectivity index (χ1v) is 9.94. The SMILES string of the molecule is Cc1cc(/C=C2\N=C(c3cc(O)c(O)c(O)c3)OC2=O)c(C)n1-c1ccc(Cl)c(C(=O)O)c1. The quantitative estimate of drug-likeness (QED) is 0.258. The molecule has 0 fully saturated rings. The Morgan fingerprint density at radius 3 is 2.39 bits per heavy atom. The molecule has 2 heterocycles. The van der Waals surface area contributed by atoms with E-state index in [1.165, 1.54) is 18.2 Å². The van der Waals surface area contributed by atoms with Gasteiger partial charge in [0, 0.05) is 22.6 Å². The fraction of sp³-hybridized carbons (Fsp3) is 0.0870. The zero-order valence-electron chi connectivity index (χ0n) is 17.3. The molecule has 0 amide bonds. The molecule has 4 rings (SSSR count). The van der Waals surface area contributed by atoms with Gasteiger partial charge in [0.05, 0.1) is 10.6 Å². The highest BCUT2D eigenvalue weighted by Gasteiger charge is 2.26. The molecule has 0 saturated heterocycles. The van der Waals surface area contributed by atoms with Gasteiger partial charge in [-0.3, -0.25) is 0 Å². The molecule has 0 unspecified atom stereocenters. The average molecular weight is 469 g/mol. The number of rotatable bonds is 4. The van der Waals surface area contributed by atoms with Gasteiger partial charge in [-0.2, -0.15) is 0 Å². The largest absolute Gasteiger partial charge is 0.504 e. The first-order chi connectivity index (χ1) is 15.6. The number of nitrogens with zero attached hydrogens (tertiary/aromatic N) is 2. The number of ether oxygens (including phenoxy) is 1. The third-order valence-corrected chi connectivity index (χ3v) is 5.47. The molecule has 1 aliphatic rings. The number of aliphatic imine (C=N–C) groups is 1. The van der Waals surface area contributed by atoms with E-state index in [9.17, 15) is 30.0 Å². The molecule has 33 heavy (non-hydrogen) atoms. The number of carbonyl (C=O) groups excluding carboxylic acids is 1. The summed E-state index contributed by atoms with van der Waals surface area (Å²) < 4.78 is 6.97. The van der Waals surface area contributed by atoms with E-state index in [2.05, 4.69) is 4.99 Å². The maximum atomic E-state index is 12.4. The van der Waals surface area contributed by atoms with E-state index in [0.29, 0.717) is 11.3 Å². The van der Waals surface area contributed by atoms with Gasteiger partial charge in [-0.1, -0.05) is 11.6 Å². The lowest BCUT2D eigenvalue weighted by Gasteiger charge is -2.11. The molecule has 9 nitrogen and oxygen atoms in total. The van der Waals surface area contributed by atoms with E-state index in [0.717, 1.165) is 23.5 Å². The van der Waals surface area contributed by atoms with Crippen LogP contribution in [0.5, 0.6) is 17.2 Å². The van der Waals surface area contributed by atoms with Crippen LogP contribution in [0.1, 0.15) is 32.9 Å². The number of carboxylic acids is 1. The highest BCUT2D eigenvalue weighted by Crippen LogP contribution is 2.36. The van der Waals surface area contributed by atoms with Crippen LogP contribution in [-0.2, 0) is 9.53 Å². The van der Waals surface area contributed by atoms with Crippen LogP contribution in [-0.4, -0.2) is 42.8 Å². The monoisotopic (exact) mass is 468 g/mol. The number of cyclic esters (lactones) is 1. The van der Waals surface area contributed by atoms with Crippen molar-refractivity contribution in [3.63, 3.8) is 0 Å². The van der Waals surface area contributed by atoms with Crippen LogP contribution in [0.3, 0.4) is 0 Å². The normalized spacial score (nSPS) is 14.5. The van der Waals surface area contributed by atoms with Gasteiger partial charge in [0.2, 0.25) is 5.90 Å². The van der Waals surface area contributed by atoms with E-state index < -0.39 is 29.2 Å². The van der Waals surface area contributed by atoms with Crippen molar-refractivity contribution in [3.8, 4) is 22.9 Å². The van der Waals surface area contributed by atoms with Gasteiger partial charge < -0.3 is 29.7 Å². The fourth-order valence-electron chi connectivity index (χ4n) is 3.55. The fourth-order valence-corrected chi connectivity index (χ4v) is 3.75. The second-order valence-electron chi connectivity index (χ2n) is 7.33. The molecule has 0 spiro atoms. The predicted octanol–water partition coefficient (Wildman–Crippen LogP) is 3.91. The smallest absolute Gasteiger partial charge is 0.363 e. The Kier molecular flexibility index (Phi) is 5.35. The molecule has 0 atom stereocenters. The van der Waals surface area contributed by atoms with Gasteiger partial charge in [0.1, 0.15) is 0 Å². The lowest BCUT2D eigenvalue weighted by atomic mass is 10.2. The molecule has 168 valence electrons. The Morgan fingerprint density at radius 1 is 1.09 bits per heavy atom. The topological polar surface area (TPSA) is 142 Å². The molecule has 0 radical (unpaired) electrons. The van der Waals surface area contributed by atoms with E-state index in [4.69, 9.17) is 16.3 Å². The summed E-state index contributed by atoms with van der Waals surface area (Å²) in [5, 5.41) is 38.3. The number of halogens is 1. The van der Waals surface area contributed by atoms with Crippen molar-refractivity contribution in [1.29, 1.82) is 0 Å². The second-order valence-corrected chi connectivity index (χ2v) is 7.74. The number of aromatic nitrogens is 1. The van der Waals surface area contributed by atoms with Crippen molar-refractivity contribution in [2.45, 2.75) is 13.8 Å². The molecular weight excluding hydrogens is 452 g/mol. The standard InChI is InChI=1S/C23H17ClN2O7/c1-10-5-12(11(2)26(10)14-3-4-16(24)15(9-14)22(30)31)6-17-23(32)33-21(25-17)13-7-18(27)20(29)19(28)8-13/h3-9,27-29H,1-2H3,(H,30,31)/b17-6-. The Bertz CT molecular complexity index is 1380. The number of carboxylic acid groups (broad SMARTS) is 1. The third-order valence-electron chi connectivity index (χ3n) is 5.14. The molecule has 0 aliphatic carbocycles. The molecule has 2 aromatic carbocycles. The van der Waals surface area contributed by atoms with Crippen molar-refractivity contribution in [2.24, 2.45) is 4.99 Å². The van der Waals surface area contributed by atoms with Crippen molar-refractivity contribution in [3.05, 3.63) is 75.2 Å². The minimum Gasteiger partial charge on any atom is -0.504 e. The van der Waals surface area contributed by atoms with Gasteiger partial charge in [-0.25, -0.2) is 14.6 Å². The Balaban J connectivity index is 1.74. The van der Waals surface area contributed by atoms with Crippen LogP contribution < -0.4 is 0 Å². The number of benzene rings is 2. The van der Waals surface area contributed by atoms with Gasteiger partial charge >= 0.3 is 11.9 Å². The van der Waals surface area contributed by atoms with Crippen molar-refractivity contribution in [1.82, 2.24) is 4.57 Å². The first-order valence-electron chi connectivity index (χ1n) is 9.57. The molecule has 1 aromatic heterocycles. The van der Waals surface area contributed by atoms with Gasteiger partial charge in [0.25, 0.3) is 0 Å². The van der Waals surface area contributed by atoms with E-state index in [1.807, 2.05) is 11.5 Å². The molecule has 4 N–H and O–H groups in total. The number of aryl methyl sites for hydroxylation is 1. The zero-order valence-corrected chi connectivity index (χ0v) is 18.1. The summed E-state index contributed by atoms with van der Waals surface area (Å²) in [5.41, 5.74) is 2.79. The van der Waals surface area contributed by atoms with Gasteiger partial charge in [-0.05, 0) is 61.9 Å². The Hall–Kier alpha value is -4.24. The number of hydrogen-bond donors (Lipinski definition) is 4. The number of esters is 1. The number of aromatic hydroxyl groups is 3. The second kappa shape index (κ2) is 8.03. The zero-order chi connectivity index (χ0) is 24.0. The molecule has 0 saturated carbocycles. The van der Waals surface area contributed by atoms with E-state index in [-0.39, 0.29) is 27.7 Å². The minimum absolute atomic E-state index is 0.0142. The highest BCUT2D eigenvalue weighted by atomic mass is 35.5. The predicted molar refractivity (Wildman–Crippen MR) is 119 cm³/mol. The van der Waals surface area contributed by atoms with E-state index in [1.54, 1.807) is 19.1 Å². The summed E-state index contributed by atoms with van der Waals surface area (Å²) in [6, 6.07) is 8.68. The number of phenols is 3. The molecule has 0 bridgehead atoms. The van der Waals surface area contributed by atoms with Gasteiger partial charge in [0.15, 0.2) is 22.9 Å².